The predicted octanol–water partition coefficient (Wildman–Crippen LogP) is 6.27. The molecule has 3 aromatic carbocycles. The number of carboxylic acid groups (broad SMARTS) is 1. The molecular formula is C32H31ClN2O7S2. The molecule has 0 bridgehead atoms. The Bertz CT molecular complexity index is 1700. The third kappa shape index (κ3) is 8.37. The molecule has 12 heteroatoms. The van der Waals surface area contributed by atoms with Gasteiger partial charge in [0.1, 0.15) is 23.1 Å². The summed E-state index contributed by atoms with van der Waals surface area (Å²) in [5.41, 5.74) is 1.07. The first-order chi connectivity index (χ1) is 21.2. The van der Waals surface area contributed by atoms with Gasteiger partial charge in [0.2, 0.25) is 0 Å². The summed E-state index contributed by atoms with van der Waals surface area (Å²) in [7, 11) is -3.43. The number of amides is 1. The summed E-state index contributed by atoms with van der Waals surface area (Å²) in [6.45, 7) is 0.275. The van der Waals surface area contributed by atoms with E-state index >= 15 is 0 Å². The van der Waals surface area contributed by atoms with Crippen molar-refractivity contribution in [3.05, 3.63) is 105 Å². The normalized spacial score (nSPS) is 13.9. The number of hydrogen-bond acceptors (Lipinski definition) is 8. The van der Waals surface area contributed by atoms with Crippen LogP contribution < -0.4 is 14.8 Å². The summed E-state index contributed by atoms with van der Waals surface area (Å²) in [4.78, 5) is 30.7. The Balaban J connectivity index is 1.12. The number of halogens is 1. The zero-order valence-corrected chi connectivity index (χ0v) is 26.0. The van der Waals surface area contributed by atoms with E-state index in [0.717, 1.165) is 10.6 Å². The number of sulfone groups is 1. The van der Waals surface area contributed by atoms with Gasteiger partial charge >= 0.3 is 5.97 Å². The summed E-state index contributed by atoms with van der Waals surface area (Å²) >= 11 is 7.48. The lowest BCUT2D eigenvalue weighted by Crippen LogP contribution is -2.44. The summed E-state index contributed by atoms with van der Waals surface area (Å²) in [6.07, 6.45) is 4.82. The number of carboxylic acids is 1. The molecule has 0 spiro atoms. The molecule has 1 aromatic heterocycles. The first kappa shape index (κ1) is 31.5. The maximum absolute atomic E-state index is 12.9. The largest absolute Gasteiger partial charge is 0.486 e. The van der Waals surface area contributed by atoms with Crippen LogP contribution in [0.5, 0.6) is 11.5 Å². The highest BCUT2D eigenvalue weighted by Crippen LogP contribution is 2.39. The Morgan fingerprint density at radius 2 is 1.80 bits per heavy atom. The van der Waals surface area contributed by atoms with Crippen LogP contribution in [-0.2, 0) is 27.7 Å². The molecule has 1 heterocycles. The number of carbonyl (C=O) groups excluding carboxylic acids is 1. The first-order valence-corrected chi connectivity index (χ1v) is 17.0. The van der Waals surface area contributed by atoms with Gasteiger partial charge in [0.15, 0.2) is 9.84 Å². The van der Waals surface area contributed by atoms with E-state index in [2.05, 4.69) is 10.3 Å². The molecule has 44 heavy (non-hydrogen) atoms. The molecule has 1 fully saturated rings. The van der Waals surface area contributed by atoms with E-state index in [4.69, 9.17) is 21.1 Å². The van der Waals surface area contributed by atoms with Crippen molar-refractivity contribution in [2.45, 2.75) is 55.8 Å². The minimum absolute atomic E-state index is 0.0292. The van der Waals surface area contributed by atoms with Crippen molar-refractivity contribution in [2.24, 2.45) is 0 Å². The number of aryl methyl sites for hydroxylation is 1. The highest BCUT2D eigenvalue weighted by atomic mass is 35.5. The van der Waals surface area contributed by atoms with Crippen molar-refractivity contribution < 1.29 is 32.6 Å². The molecule has 1 unspecified atom stereocenters. The van der Waals surface area contributed by atoms with Crippen LogP contribution in [0, 0.1) is 0 Å². The molecule has 1 amide bonds. The fourth-order valence-corrected chi connectivity index (χ4v) is 7.03. The second-order valence-electron chi connectivity index (χ2n) is 10.4. The number of hydrogen-bond donors (Lipinski definition) is 2. The number of aliphatic carboxylic acids is 1. The van der Waals surface area contributed by atoms with Crippen LogP contribution in [0.2, 0.25) is 5.02 Å². The lowest BCUT2D eigenvalue weighted by molar-refractivity contribution is -0.146. The summed E-state index contributed by atoms with van der Waals surface area (Å²) < 4.78 is 36.5. The fraction of sp³-hybridized carbons (Fsp3) is 0.281. The van der Waals surface area contributed by atoms with E-state index in [1.807, 2.05) is 6.20 Å². The van der Waals surface area contributed by atoms with Crippen molar-refractivity contribution in [1.29, 1.82) is 0 Å². The number of nitrogens with zero attached hydrogens (tertiary/aromatic N) is 1. The summed E-state index contributed by atoms with van der Waals surface area (Å²) in [5, 5.41) is 13.4. The van der Waals surface area contributed by atoms with Gasteiger partial charge in [0.25, 0.3) is 12.1 Å². The summed E-state index contributed by atoms with van der Waals surface area (Å²) in [6, 6.07) is 19.1. The van der Waals surface area contributed by atoms with Crippen LogP contribution in [0.3, 0.4) is 0 Å². The highest BCUT2D eigenvalue weighted by molar-refractivity contribution is 7.91. The number of nitrogens with one attached hydrogen (secondary N) is 1. The molecule has 5 rings (SSSR count). The molecular weight excluding hydrogens is 624 g/mol. The first-order valence-electron chi connectivity index (χ1n) is 14.1. The van der Waals surface area contributed by atoms with Gasteiger partial charge < -0.3 is 19.9 Å². The second-order valence-corrected chi connectivity index (χ2v) is 14.1. The van der Waals surface area contributed by atoms with Gasteiger partial charge in [-0.25, -0.2) is 18.2 Å². The van der Waals surface area contributed by atoms with E-state index in [0.29, 0.717) is 29.5 Å². The van der Waals surface area contributed by atoms with E-state index < -0.39 is 27.9 Å². The number of carbonyl (C=O) groups is 2. The van der Waals surface area contributed by atoms with Crippen molar-refractivity contribution in [1.82, 2.24) is 10.3 Å². The van der Waals surface area contributed by atoms with Crippen LogP contribution in [0.1, 0.15) is 57.4 Å². The predicted molar refractivity (Wildman–Crippen MR) is 167 cm³/mol. The molecule has 0 aliphatic heterocycles. The molecule has 1 aliphatic rings. The third-order valence-electron chi connectivity index (χ3n) is 7.25. The molecule has 4 aromatic rings. The third-order valence-corrected chi connectivity index (χ3v) is 10.5. The van der Waals surface area contributed by atoms with E-state index in [1.165, 1.54) is 42.3 Å². The van der Waals surface area contributed by atoms with E-state index in [9.17, 15) is 23.1 Å². The lowest BCUT2D eigenvalue weighted by atomic mass is 9.85. The molecule has 2 N–H and O–H groups in total. The van der Waals surface area contributed by atoms with Crippen LogP contribution in [0.4, 0.5) is 0 Å². The zero-order valence-electron chi connectivity index (χ0n) is 23.6. The molecule has 0 saturated heterocycles. The molecule has 1 atom stereocenters. The van der Waals surface area contributed by atoms with Crippen LogP contribution in [0.15, 0.2) is 83.9 Å². The molecule has 1 saturated carbocycles. The zero-order chi connectivity index (χ0) is 31.1. The second kappa shape index (κ2) is 14.2. The van der Waals surface area contributed by atoms with Crippen molar-refractivity contribution in [3.8, 4) is 11.5 Å². The van der Waals surface area contributed by atoms with Gasteiger partial charge in [0, 0.05) is 21.7 Å². The van der Waals surface area contributed by atoms with Crippen molar-refractivity contribution in [2.75, 3.05) is 5.75 Å². The van der Waals surface area contributed by atoms with E-state index in [-0.39, 0.29) is 28.6 Å². The number of aromatic nitrogens is 1. The highest BCUT2D eigenvalue weighted by Gasteiger charge is 2.24. The van der Waals surface area contributed by atoms with Crippen molar-refractivity contribution in [3.63, 3.8) is 0 Å². The quantitative estimate of drug-likeness (QED) is 0.152. The van der Waals surface area contributed by atoms with Crippen molar-refractivity contribution >= 4 is 44.7 Å². The smallest absolute Gasteiger partial charge is 0.366 e. The molecule has 1 aliphatic carbocycles. The van der Waals surface area contributed by atoms with Gasteiger partial charge in [-0.1, -0.05) is 36.2 Å². The van der Waals surface area contributed by atoms with Crippen LogP contribution in [-0.4, -0.2) is 42.4 Å². The average molecular weight is 655 g/mol. The van der Waals surface area contributed by atoms with Gasteiger partial charge in [0.05, 0.1) is 10.6 Å². The summed E-state index contributed by atoms with van der Waals surface area (Å²) in [5.74, 6) is -0.734. The maximum Gasteiger partial charge on any atom is 0.366 e. The van der Waals surface area contributed by atoms with Gasteiger partial charge in [-0.3, -0.25) is 4.79 Å². The van der Waals surface area contributed by atoms with E-state index in [1.54, 1.807) is 65.9 Å². The lowest BCUT2D eigenvalue weighted by Gasteiger charge is -2.23. The minimum Gasteiger partial charge on any atom is -0.486 e. The molecule has 0 radical (unpaired) electrons. The fourth-order valence-electron chi connectivity index (χ4n) is 4.59. The Morgan fingerprint density at radius 3 is 2.48 bits per heavy atom. The average Bonchev–Trinajstić information content (AvgIpc) is 3.44. The number of ether oxygens (including phenoxy) is 2. The SMILES string of the molecule is O=C(NC(Oc1ccc(CCCS(=O)(=O)c2ccc(Cl)cc2)cc1)C(=O)O)c1cccc(OCc2ncc(C3CCC3)s2)c1. The minimum atomic E-state index is -3.43. The Labute approximate surface area is 264 Å². The van der Waals surface area contributed by atoms with Gasteiger partial charge in [-0.15, -0.1) is 11.3 Å². The Kier molecular flexibility index (Phi) is 10.2. The number of thiazole rings is 1. The maximum atomic E-state index is 12.9. The topological polar surface area (TPSA) is 132 Å². The molecule has 230 valence electrons. The molecule has 9 nitrogen and oxygen atoms in total. The number of rotatable bonds is 14. The Hall–Kier alpha value is -3.93. The van der Waals surface area contributed by atoms with Crippen LogP contribution in [0.25, 0.3) is 0 Å². The van der Waals surface area contributed by atoms with Gasteiger partial charge in [-0.05, 0) is 91.8 Å². The number of benzene rings is 3. The van der Waals surface area contributed by atoms with Gasteiger partial charge in [-0.2, -0.15) is 0 Å². The Morgan fingerprint density at radius 1 is 1.05 bits per heavy atom. The standard InChI is InChI=1S/C32H31ClN2O7S2/c33-24-11-15-27(16-12-24)44(39,40)17-3-4-21-9-13-25(14-10-21)42-31(32(37)38)35-30(36)23-7-2-8-26(18-23)41-20-29-34-19-28(43-29)22-5-1-6-22/h2,7-16,18-19,22,31H,1,3-6,17,20H2,(H,35,36)(H,37,38). The van der Waals surface area contributed by atoms with Crippen LogP contribution >= 0.6 is 22.9 Å². The monoisotopic (exact) mass is 654 g/mol.